The largest absolute Gasteiger partial charge is 0.290 e. The first-order chi connectivity index (χ1) is 4.30. The molecule has 1 rings (SSSR count). The quantitative estimate of drug-likeness (QED) is 0.581. The van der Waals surface area contributed by atoms with Gasteiger partial charge in [-0.05, 0) is 6.92 Å². The third-order valence-electron chi connectivity index (χ3n) is 1.57. The highest BCUT2D eigenvalue weighted by atomic mass is 32.2. The smallest absolute Gasteiger partial charge is 0.0499 e. The minimum atomic E-state index is 0.450. The molecule has 1 aliphatic heterocycles. The van der Waals surface area contributed by atoms with E-state index in [0.29, 0.717) is 5.37 Å². The van der Waals surface area contributed by atoms with Gasteiger partial charge in [0.2, 0.25) is 0 Å². The van der Waals surface area contributed by atoms with Crippen molar-refractivity contribution in [1.82, 2.24) is 4.90 Å². The summed E-state index contributed by atoms with van der Waals surface area (Å²) >= 11 is 6.40. The Hall–Kier alpha value is 0.660. The van der Waals surface area contributed by atoms with Crippen LogP contribution in [0.25, 0.3) is 0 Å². The maximum Gasteiger partial charge on any atom is 0.0499 e. The number of thiol groups is 1. The van der Waals surface area contributed by atoms with Crippen molar-refractivity contribution in [2.45, 2.75) is 12.3 Å². The molecule has 0 radical (unpaired) electrons. The summed E-state index contributed by atoms with van der Waals surface area (Å²) in [6.07, 6.45) is 0. The predicted octanol–water partition coefficient (Wildman–Crippen LogP) is 1.31. The van der Waals surface area contributed by atoms with Gasteiger partial charge in [-0.3, -0.25) is 4.90 Å². The van der Waals surface area contributed by atoms with E-state index < -0.39 is 0 Å². The molecule has 1 fully saturated rings. The first-order valence-corrected chi connectivity index (χ1v) is 4.97. The molecule has 1 heterocycles. The lowest BCUT2D eigenvalue weighted by molar-refractivity contribution is 0.297. The number of thioether (sulfide) groups is 1. The molecule has 1 nitrogen and oxygen atoms in total. The van der Waals surface area contributed by atoms with Crippen molar-refractivity contribution >= 4 is 24.4 Å². The Balaban J connectivity index is 2.23. The zero-order valence-corrected chi connectivity index (χ0v) is 7.42. The number of hydrogen-bond acceptors (Lipinski definition) is 3. The van der Waals surface area contributed by atoms with E-state index >= 15 is 0 Å². The molecule has 1 aliphatic rings. The average molecular weight is 163 g/mol. The van der Waals surface area contributed by atoms with Crippen LogP contribution < -0.4 is 0 Å². The highest BCUT2D eigenvalue weighted by Crippen LogP contribution is 2.12. The fraction of sp³-hybridized carbons (Fsp3) is 1.00. The summed E-state index contributed by atoms with van der Waals surface area (Å²) in [5.41, 5.74) is 0. The summed E-state index contributed by atoms with van der Waals surface area (Å²) in [6, 6.07) is 0. The van der Waals surface area contributed by atoms with Crippen molar-refractivity contribution in [1.29, 1.82) is 0 Å². The Kier molecular flexibility index (Phi) is 3.22. The zero-order valence-electron chi connectivity index (χ0n) is 5.71. The van der Waals surface area contributed by atoms with Crippen LogP contribution >= 0.6 is 24.4 Å². The summed E-state index contributed by atoms with van der Waals surface area (Å²) < 4.78 is 0. The average Bonchev–Trinajstić information content (AvgIpc) is 1.90. The first-order valence-electron chi connectivity index (χ1n) is 3.30. The summed E-state index contributed by atoms with van der Waals surface area (Å²) in [7, 11) is 0. The van der Waals surface area contributed by atoms with Crippen LogP contribution in [0, 0.1) is 0 Å². The first kappa shape index (κ1) is 7.76. The van der Waals surface area contributed by atoms with Gasteiger partial charge in [-0.2, -0.15) is 24.4 Å². The zero-order chi connectivity index (χ0) is 6.69. The molecule has 3 heteroatoms. The van der Waals surface area contributed by atoms with Gasteiger partial charge in [0, 0.05) is 30.0 Å². The van der Waals surface area contributed by atoms with Gasteiger partial charge in [0.25, 0.3) is 0 Å². The Morgan fingerprint density at radius 1 is 1.44 bits per heavy atom. The van der Waals surface area contributed by atoms with Crippen LogP contribution in [-0.2, 0) is 0 Å². The van der Waals surface area contributed by atoms with E-state index in [4.69, 9.17) is 0 Å². The molecule has 0 aromatic rings. The Bertz CT molecular complexity index is 79.1. The summed E-state index contributed by atoms with van der Waals surface area (Å²) in [4.78, 5) is 2.40. The van der Waals surface area contributed by atoms with E-state index in [9.17, 15) is 0 Å². The maximum atomic E-state index is 4.36. The molecule has 1 atom stereocenters. The van der Waals surface area contributed by atoms with Crippen LogP contribution in [0.2, 0.25) is 0 Å². The van der Waals surface area contributed by atoms with Crippen LogP contribution in [0.15, 0.2) is 0 Å². The van der Waals surface area contributed by atoms with Gasteiger partial charge in [0.1, 0.15) is 0 Å². The van der Waals surface area contributed by atoms with Crippen LogP contribution in [0.1, 0.15) is 6.92 Å². The normalized spacial score (nSPS) is 26.0. The molecule has 0 aromatic heterocycles. The summed E-state index contributed by atoms with van der Waals surface area (Å²) in [6.45, 7) is 4.57. The molecule has 0 aliphatic carbocycles. The minimum Gasteiger partial charge on any atom is -0.290 e. The van der Waals surface area contributed by atoms with Gasteiger partial charge in [-0.15, -0.1) is 0 Å². The van der Waals surface area contributed by atoms with Crippen LogP contribution in [0.4, 0.5) is 0 Å². The molecule has 0 spiro atoms. The van der Waals surface area contributed by atoms with Gasteiger partial charge in [0.15, 0.2) is 0 Å². The van der Waals surface area contributed by atoms with Gasteiger partial charge >= 0.3 is 0 Å². The number of nitrogens with zero attached hydrogens (tertiary/aromatic N) is 1. The van der Waals surface area contributed by atoms with Crippen molar-refractivity contribution in [2.24, 2.45) is 0 Å². The second-order valence-corrected chi connectivity index (χ2v) is 4.25. The van der Waals surface area contributed by atoms with Crippen molar-refractivity contribution in [2.75, 3.05) is 24.6 Å². The van der Waals surface area contributed by atoms with Crippen molar-refractivity contribution in [3.05, 3.63) is 0 Å². The second-order valence-electron chi connectivity index (χ2n) is 2.28. The SMILES string of the molecule is CC(S)N1CCSCC1. The van der Waals surface area contributed by atoms with E-state index in [1.54, 1.807) is 0 Å². The summed E-state index contributed by atoms with van der Waals surface area (Å²) in [5, 5.41) is 0.450. The molecule has 0 N–H and O–H groups in total. The minimum absolute atomic E-state index is 0.450. The van der Waals surface area contributed by atoms with Gasteiger partial charge in [0.05, 0.1) is 0 Å². The number of hydrogen-bond donors (Lipinski definition) is 1. The standard InChI is InChI=1S/C6H13NS2/c1-6(8)7-2-4-9-5-3-7/h6,8H,2-5H2,1H3. The second kappa shape index (κ2) is 3.74. The predicted molar refractivity (Wildman–Crippen MR) is 47.3 cm³/mol. The van der Waals surface area contributed by atoms with Gasteiger partial charge in [-0.1, -0.05) is 0 Å². The van der Waals surface area contributed by atoms with E-state index in [1.807, 2.05) is 11.8 Å². The van der Waals surface area contributed by atoms with E-state index in [0.717, 1.165) is 0 Å². The van der Waals surface area contributed by atoms with Crippen molar-refractivity contribution in [3.8, 4) is 0 Å². The lowest BCUT2D eigenvalue weighted by Crippen LogP contribution is -2.36. The van der Waals surface area contributed by atoms with Gasteiger partial charge < -0.3 is 0 Å². The molecule has 0 amide bonds. The van der Waals surface area contributed by atoms with Crippen molar-refractivity contribution < 1.29 is 0 Å². The lowest BCUT2D eigenvalue weighted by Gasteiger charge is -2.28. The third-order valence-corrected chi connectivity index (χ3v) is 2.84. The topological polar surface area (TPSA) is 3.24 Å². The Morgan fingerprint density at radius 3 is 2.33 bits per heavy atom. The molecule has 0 saturated carbocycles. The molecule has 9 heavy (non-hydrogen) atoms. The van der Waals surface area contributed by atoms with E-state index in [2.05, 4.69) is 24.5 Å². The van der Waals surface area contributed by atoms with E-state index in [1.165, 1.54) is 24.6 Å². The fourth-order valence-electron chi connectivity index (χ4n) is 0.951. The number of rotatable bonds is 1. The third kappa shape index (κ3) is 2.40. The maximum absolute atomic E-state index is 4.36. The van der Waals surface area contributed by atoms with Crippen LogP contribution in [0.5, 0.6) is 0 Å². The molecule has 1 saturated heterocycles. The Morgan fingerprint density at radius 2 is 2.00 bits per heavy atom. The highest BCUT2D eigenvalue weighted by molar-refractivity contribution is 7.99. The van der Waals surface area contributed by atoms with Gasteiger partial charge in [-0.25, -0.2) is 0 Å². The van der Waals surface area contributed by atoms with E-state index in [-0.39, 0.29) is 0 Å². The lowest BCUT2D eigenvalue weighted by atomic mass is 10.5. The summed E-state index contributed by atoms with van der Waals surface area (Å²) in [5.74, 6) is 2.57. The van der Waals surface area contributed by atoms with Crippen LogP contribution in [0.3, 0.4) is 0 Å². The monoisotopic (exact) mass is 163 g/mol. The molecule has 0 aromatic carbocycles. The Labute approximate surface area is 66.6 Å². The highest BCUT2D eigenvalue weighted by Gasteiger charge is 2.12. The molecular weight excluding hydrogens is 150 g/mol. The molecule has 0 bridgehead atoms. The van der Waals surface area contributed by atoms with Crippen molar-refractivity contribution in [3.63, 3.8) is 0 Å². The molecular formula is C6H13NS2. The van der Waals surface area contributed by atoms with Crippen LogP contribution in [-0.4, -0.2) is 34.9 Å². The molecule has 1 unspecified atom stereocenters. The fourth-order valence-corrected chi connectivity index (χ4v) is 2.11. The molecule has 54 valence electrons.